The van der Waals surface area contributed by atoms with Crippen molar-refractivity contribution in [1.29, 1.82) is 0 Å². The second-order valence-electron chi connectivity index (χ2n) is 2.81. The fourth-order valence-electron chi connectivity index (χ4n) is 1.06. The number of azide groups is 1. The van der Waals surface area contributed by atoms with Gasteiger partial charge < -0.3 is 5.11 Å². The molecule has 0 aliphatic rings. The van der Waals surface area contributed by atoms with Gasteiger partial charge in [-0.3, -0.25) is 0 Å². The van der Waals surface area contributed by atoms with Crippen LogP contribution in [-0.4, -0.2) is 5.11 Å². The Bertz CT molecular complexity index is 329. The Balaban J connectivity index is 2.85. The van der Waals surface area contributed by atoms with Gasteiger partial charge in [-0.25, -0.2) is 0 Å². The molecule has 0 aromatic heterocycles. The van der Waals surface area contributed by atoms with Gasteiger partial charge in [-0.1, -0.05) is 29.4 Å². The minimum absolute atomic E-state index is 0.330. The number of aliphatic hydroxyl groups is 1. The Morgan fingerprint density at radius 2 is 2.38 bits per heavy atom. The van der Waals surface area contributed by atoms with Crippen LogP contribution in [-0.2, 0) is 6.54 Å². The van der Waals surface area contributed by atoms with E-state index in [1.165, 1.54) is 0 Å². The maximum Gasteiger partial charge on any atom is 0.0762 e. The monoisotopic (exact) mass is 177 g/mol. The van der Waals surface area contributed by atoms with Crippen molar-refractivity contribution in [2.24, 2.45) is 5.11 Å². The summed E-state index contributed by atoms with van der Waals surface area (Å²) in [5.41, 5.74) is 9.87. The molecule has 4 heteroatoms. The molecule has 0 saturated heterocycles. The zero-order chi connectivity index (χ0) is 9.68. The molecule has 4 nitrogen and oxygen atoms in total. The number of aliphatic hydroxyl groups excluding tert-OH is 1. The third-order valence-electron chi connectivity index (χ3n) is 1.75. The maximum absolute atomic E-state index is 9.27. The molecule has 0 aliphatic heterocycles. The summed E-state index contributed by atoms with van der Waals surface area (Å²) >= 11 is 0. The number of benzene rings is 1. The van der Waals surface area contributed by atoms with Crippen LogP contribution in [0.25, 0.3) is 10.4 Å². The van der Waals surface area contributed by atoms with Gasteiger partial charge in [0.2, 0.25) is 0 Å². The van der Waals surface area contributed by atoms with Crippen LogP contribution >= 0.6 is 0 Å². The zero-order valence-corrected chi connectivity index (χ0v) is 7.38. The largest absolute Gasteiger partial charge is 0.389 e. The van der Waals surface area contributed by atoms with Crippen LogP contribution in [0, 0.1) is 0 Å². The van der Waals surface area contributed by atoms with Gasteiger partial charge in [0.15, 0.2) is 0 Å². The van der Waals surface area contributed by atoms with Gasteiger partial charge in [-0.15, -0.1) is 0 Å². The first kappa shape index (κ1) is 9.58. The van der Waals surface area contributed by atoms with Crippen molar-refractivity contribution < 1.29 is 5.11 Å². The summed E-state index contributed by atoms with van der Waals surface area (Å²) in [7, 11) is 0. The molecule has 1 aromatic carbocycles. The highest BCUT2D eigenvalue weighted by molar-refractivity contribution is 5.24. The number of nitrogens with zero attached hydrogens (tertiary/aromatic N) is 3. The van der Waals surface area contributed by atoms with E-state index in [-0.39, 0.29) is 0 Å². The topological polar surface area (TPSA) is 69.0 Å². The summed E-state index contributed by atoms with van der Waals surface area (Å²) < 4.78 is 0. The molecule has 1 aromatic rings. The lowest BCUT2D eigenvalue weighted by atomic mass is 10.1. The molecule has 1 N–H and O–H groups in total. The Labute approximate surface area is 76.5 Å². The number of rotatable bonds is 3. The highest BCUT2D eigenvalue weighted by atomic mass is 16.3. The molecule has 13 heavy (non-hydrogen) atoms. The first-order valence-electron chi connectivity index (χ1n) is 4.02. The molecule has 1 unspecified atom stereocenters. The minimum atomic E-state index is -0.481. The maximum atomic E-state index is 9.27. The van der Waals surface area contributed by atoms with E-state index in [4.69, 9.17) is 5.53 Å². The summed E-state index contributed by atoms with van der Waals surface area (Å²) in [4.78, 5) is 2.67. The van der Waals surface area contributed by atoms with Gasteiger partial charge >= 0.3 is 0 Å². The third-order valence-corrected chi connectivity index (χ3v) is 1.75. The lowest BCUT2D eigenvalue weighted by molar-refractivity contribution is 0.199. The van der Waals surface area contributed by atoms with E-state index in [1.54, 1.807) is 6.92 Å². The van der Waals surface area contributed by atoms with Crippen LogP contribution < -0.4 is 0 Å². The molecule has 0 amide bonds. The van der Waals surface area contributed by atoms with E-state index in [0.717, 1.165) is 11.1 Å². The van der Waals surface area contributed by atoms with E-state index in [0.29, 0.717) is 6.54 Å². The molecule has 0 fully saturated rings. The van der Waals surface area contributed by atoms with Crippen molar-refractivity contribution >= 4 is 0 Å². The highest BCUT2D eigenvalue weighted by Crippen LogP contribution is 2.14. The molecule has 0 radical (unpaired) electrons. The quantitative estimate of drug-likeness (QED) is 0.430. The molecule has 0 heterocycles. The average molecular weight is 177 g/mol. The van der Waals surface area contributed by atoms with Crippen molar-refractivity contribution in [1.82, 2.24) is 0 Å². The summed E-state index contributed by atoms with van der Waals surface area (Å²) in [5.74, 6) is 0. The van der Waals surface area contributed by atoms with E-state index < -0.39 is 6.10 Å². The summed E-state index contributed by atoms with van der Waals surface area (Å²) in [6, 6.07) is 7.37. The third kappa shape index (κ3) is 2.78. The van der Waals surface area contributed by atoms with Crippen molar-refractivity contribution in [3.63, 3.8) is 0 Å². The van der Waals surface area contributed by atoms with Crippen LogP contribution in [0.4, 0.5) is 0 Å². The summed E-state index contributed by atoms with van der Waals surface area (Å²) in [5, 5.41) is 12.7. The van der Waals surface area contributed by atoms with Gasteiger partial charge in [0.25, 0.3) is 0 Å². The van der Waals surface area contributed by atoms with Crippen molar-refractivity contribution in [3.8, 4) is 0 Å². The summed E-state index contributed by atoms with van der Waals surface area (Å²) in [6.45, 7) is 2.03. The molecule has 68 valence electrons. The molecular formula is C9H11N3O. The average Bonchev–Trinajstić information content (AvgIpc) is 2.15. The van der Waals surface area contributed by atoms with Gasteiger partial charge in [0.05, 0.1) is 12.6 Å². The van der Waals surface area contributed by atoms with Gasteiger partial charge in [0, 0.05) is 4.91 Å². The van der Waals surface area contributed by atoms with E-state index in [2.05, 4.69) is 10.0 Å². The van der Waals surface area contributed by atoms with E-state index in [9.17, 15) is 5.11 Å². The fourth-order valence-corrected chi connectivity index (χ4v) is 1.06. The molecule has 0 saturated carbocycles. The zero-order valence-electron chi connectivity index (χ0n) is 7.38. The predicted octanol–water partition coefficient (Wildman–Crippen LogP) is 2.55. The van der Waals surface area contributed by atoms with Crippen molar-refractivity contribution in [2.75, 3.05) is 0 Å². The molecule has 0 bridgehead atoms. The van der Waals surface area contributed by atoms with E-state index >= 15 is 0 Å². The molecule has 1 atom stereocenters. The Hall–Kier alpha value is -1.51. The van der Waals surface area contributed by atoms with Crippen LogP contribution in [0.2, 0.25) is 0 Å². The lowest BCUT2D eigenvalue weighted by Gasteiger charge is -2.05. The van der Waals surface area contributed by atoms with Crippen molar-refractivity contribution in [2.45, 2.75) is 19.6 Å². The number of hydrogen-bond acceptors (Lipinski definition) is 2. The molecule has 0 spiro atoms. The SMILES string of the molecule is CC(O)c1cccc(CN=[N+]=[N-])c1. The number of hydrogen-bond donors (Lipinski definition) is 1. The predicted molar refractivity (Wildman–Crippen MR) is 49.9 cm³/mol. The standard InChI is InChI=1S/C9H11N3O/c1-7(13)9-4-2-3-8(5-9)6-11-12-10/h2-5,7,13H,6H2,1H3. The van der Waals surface area contributed by atoms with E-state index in [1.807, 2.05) is 24.3 Å². The van der Waals surface area contributed by atoms with Crippen LogP contribution in [0.3, 0.4) is 0 Å². The van der Waals surface area contributed by atoms with Crippen LogP contribution in [0.5, 0.6) is 0 Å². The molecule has 0 aliphatic carbocycles. The molecular weight excluding hydrogens is 166 g/mol. The smallest absolute Gasteiger partial charge is 0.0762 e. The van der Waals surface area contributed by atoms with Gasteiger partial charge in [-0.2, -0.15) is 0 Å². The first-order valence-corrected chi connectivity index (χ1v) is 4.02. The Morgan fingerprint density at radius 3 is 3.00 bits per heavy atom. The minimum Gasteiger partial charge on any atom is -0.389 e. The summed E-state index contributed by atoms with van der Waals surface area (Å²) in [6.07, 6.45) is -0.481. The highest BCUT2D eigenvalue weighted by Gasteiger charge is 2.00. The van der Waals surface area contributed by atoms with Crippen LogP contribution in [0.1, 0.15) is 24.2 Å². The first-order chi connectivity index (χ1) is 6.24. The van der Waals surface area contributed by atoms with Gasteiger partial charge in [0.1, 0.15) is 0 Å². The van der Waals surface area contributed by atoms with Gasteiger partial charge in [-0.05, 0) is 23.6 Å². The Kier molecular flexibility index (Phi) is 3.31. The lowest BCUT2D eigenvalue weighted by Crippen LogP contribution is -1.91. The second kappa shape index (κ2) is 4.50. The second-order valence-corrected chi connectivity index (χ2v) is 2.81. The molecule has 1 rings (SSSR count). The van der Waals surface area contributed by atoms with Crippen LogP contribution in [0.15, 0.2) is 29.4 Å². The fraction of sp³-hybridized carbons (Fsp3) is 0.333. The van der Waals surface area contributed by atoms with Crippen molar-refractivity contribution in [3.05, 3.63) is 45.8 Å². The normalized spacial score (nSPS) is 11.8. The Morgan fingerprint density at radius 1 is 1.62 bits per heavy atom.